The first-order valence-corrected chi connectivity index (χ1v) is 6.93. The van der Waals surface area contributed by atoms with Crippen LogP contribution in [0.3, 0.4) is 0 Å². The molecule has 1 aliphatic rings. The molecule has 0 aromatic carbocycles. The van der Waals surface area contributed by atoms with Crippen LogP contribution in [0.5, 0.6) is 0 Å². The second kappa shape index (κ2) is 6.27. The normalized spacial score (nSPS) is 26.6. The van der Waals surface area contributed by atoms with Crippen molar-refractivity contribution < 1.29 is 0 Å². The number of nitrogens with zero attached hydrogens (tertiary/aromatic N) is 1. The van der Waals surface area contributed by atoms with E-state index in [9.17, 15) is 0 Å². The lowest BCUT2D eigenvalue weighted by Gasteiger charge is -2.44. The highest BCUT2D eigenvalue weighted by atomic mass is 15.2. The molecule has 0 aromatic rings. The summed E-state index contributed by atoms with van der Waals surface area (Å²) in [5.74, 6) is 1.63. The molecule has 0 saturated carbocycles. The zero-order chi connectivity index (χ0) is 12.1. The molecule has 2 atom stereocenters. The maximum absolute atomic E-state index is 8.10. The van der Waals surface area contributed by atoms with Gasteiger partial charge in [0.1, 0.15) is 0 Å². The Bertz CT molecular complexity index is 223. The summed E-state index contributed by atoms with van der Waals surface area (Å²) in [4.78, 5) is 2.36. The van der Waals surface area contributed by atoms with E-state index >= 15 is 0 Å². The second-order valence-electron chi connectivity index (χ2n) is 5.53. The first-order chi connectivity index (χ1) is 7.57. The predicted octanol–water partition coefficient (Wildman–Crippen LogP) is 4.05. The van der Waals surface area contributed by atoms with Gasteiger partial charge in [-0.2, -0.15) is 0 Å². The van der Waals surface area contributed by atoms with E-state index in [1.165, 1.54) is 32.1 Å². The molecule has 0 aliphatic carbocycles. The summed E-state index contributed by atoms with van der Waals surface area (Å²) < 4.78 is 0. The summed E-state index contributed by atoms with van der Waals surface area (Å²) in [7, 11) is 0. The Kier molecular flexibility index (Phi) is 5.30. The highest BCUT2D eigenvalue weighted by molar-refractivity contribution is 5.80. The van der Waals surface area contributed by atoms with Crippen LogP contribution >= 0.6 is 0 Å². The molecule has 1 N–H and O–H groups in total. The van der Waals surface area contributed by atoms with E-state index in [1.54, 1.807) is 0 Å². The lowest BCUT2D eigenvalue weighted by atomic mass is 9.86. The molecule has 0 radical (unpaired) electrons. The number of hydrogen-bond donors (Lipinski definition) is 1. The number of unbranched alkanes of at least 4 members (excludes halogenated alkanes) is 2. The van der Waals surface area contributed by atoms with E-state index in [0.717, 1.165) is 18.2 Å². The van der Waals surface area contributed by atoms with E-state index in [1.807, 2.05) is 0 Å². The van der Waals surface area contributed by atoms with E-state index < -0.39 is 0 Å². The third kappa shape index (κ3) is 3.23. The zero-order valence-electron chi connectivity index (χ0n) is 11.4. The largest absolute Gasteiger partial charge is 0.355 e. The van der Waals surface area contributed by atoms with Crippen LogP contribution in [0.2, 0.25) is 0 Å². The molecule has 1 fully saturated rings. The third-order valence-electron chi connectivity index (χ3n) is 3.82. The number of amidine groups is 1. The zero-order valence-corrected chi connectivity index (χ0v) is 11.4. The molecule has 1 aliphatic heterocycles. The Balaban J connectivity index is 2.61. The van der Waals surface area contributed by atoms with Gasteiger partial charge in [-0.1, -0.05) is 33.1 Å². The Morgan fingerprint density at radius 2 is 2.06 bits per heavy atom. The van der Waals surface area contributed by atoms with Crippen LogP contribution in [0.4, 0.5) is 0 Å². The van der Waals surface area contributed by atoms with Crippen LogP contribution in [0, 0.1) is 11.3 Å². The summed E-state index contributed by atoms with van der Waals surface area (Å²) in [6, 6.07) is 1.11. The fourth-order valence-electron chi connectivity index (χ4n) is 2.88. The Labute approximate surface area is 101 Å². The molecule has 1 heterocycles. The van der Waals surface area contributed by atoms with Gasteiger partial charge in [-0.15, -0.1) is 0 Å². The lowest BCUT2D eigenvalue weighted by molar-refractivity contribution is 0.154. The topological polar surface area (TPSA) is 27.1 Å². The first kappa shape index (κ1) is 13.5. The van der Waals surface area contributed by atoms with Gasteiger partial charge >= 0.3 is 0 Å². The van der Waals surface area contributed by atoms with Gasteiger partial charge in [-0.3, -0.25) is 5.41 Å². The number of nitrogens with one attached hydrogen (secondary N) is 1. The van der Waals surface area contributed by atoms with Gasteiger partial charge < -0.3 is 4.90 Å². The van der Waals surface area contributed by atoms with Gasteiger partial charge in [0.15, 0.2) is 0 Å². The third-order valence-corrected chi connectivity index (χ3v) is 3.82. The molecule has 0 spiro atoms. The molecule has 0 aromatic heterocycles. The Hall–Kier alpha value is -0.530. The number of piperidine rings is 1. The molecular formula is C14H28N2. The van der Waals surface area contributed by atoms with Gasteiger partial charge in [0, 0.05) is 18.5 Å². The molecule has 2 nitrogen and oxygen atoms in total. The average molecular weight is 224 g/mol. The molecule has 1 rings (SSSR count). The van der Waals surface area contributed by atoms with Gasteiger partial charge in [0.25, 0.3) is 0 Å². The van der Waals surface area contributed by atoms with Crippen LogP contribution in [-0.2, 0) is 0 Å². The maximum Gasteiger partial charge on any atom is 0.0962 e. The summed E-state index contributed by atoms with van der Waals surface area (Å²) >= 11 is 0. The van der Waals surface area contributed by atoms with Crippen molar-refractivity contribution >= 4 is 5.84 Å². The monoisotopic (exact) mass is 224 g/mol. The van der Waals surface area contributed by atoms with Crippen molar-refractivity contribution in [3.63, 3.8) is 0 Å². The van der Waals surface area contributed by atoms with Gasteiger partial charge in [-0.25, -0.2) is 0 Å². The highest BCUT2D eigenvalue weighted by Crippen LogP contribution is 2.29. The molecule has 2 unspecified atom stereocenters. The van der Waals surface area contributed by atoms with E-state index in [4.69, 9.17) is 5.41 Å². The predicted molar refractivity (Wildman–Crippen MR) is 71.0 cm³/mol. The SMILES string of the molecule is CCCCCC1C(C)CCC(=N)N1C(C)C. The molecule has 0 bridgehead atoms. The van der Waals surface area contributed by atoms with Crippen LogP contribution in [-0.4, -0.2) is 22.8 Å². The maximum atomic E-state index is 8.10. The summed E-state index contributed by atoms with van der Waals surface area (Å²) in [6.07, 6.45) is 7.41. The van der Waals surface area contributed by atoms with Gasteiger partial charge in [0.05, 0.1) is 5.84 Å². The standard InChI is InChI=1S/C14H28N2/c1-5-6-7-8-13-12(4)9-10-14(15)16(13)11(2)3/h11-13,15H,5-10H2,1-4H3. The second-order valence-corrected chi connectivity index (χ2v) is 5.53. The van der Waals surface area contributed by atoms with E-state index in [2.05, 4.69) is 32.6 Å². The van der Waals surface area contributed by atoms with Crippen LogP contribution in [0.1, 0.15) is 66.2 Å². The minimum atomic E-state index is 0.488. The minimum Gasteiger partial charge on any atom is -0.355 e. The summed E-state index contributed by atoms with van der Waals surface area (Å²) in [5.41, 5.74) is 0. The first-order valence-electron chi connectivity index (χ1n) is 6.93. The Morgan fingerprint density at radius 3 is 2.62 bits per heavy atom. The number of rotatable bonds is 5. The number of likely N-dealkylation sites (tertiary alicyclic amines) is 1. The highest BCUT2D eigenvalue weighted by Gasteiger charge is 2.31. The van der Waals surface area contributed by atoms with Crippen molar-refractivity contribution in [2.24, 2.45) is 5.92 Å². The van der Waals surface area contributed by atoms with Crippen molar-refractivity contribution in [2.75, 3.05) is 0 Å². The molecule has 94 valence electrons. The van der Waals surface area contributed by atoms with Crippen molar-refractivity contribution in [1.29, 1.82) is 5.41 Å². The summed E-state index contributed by atoms with van der Waals surface area (Å²) in [6.45, 7) is 9.06. The van der Waals surface area contributed by atoms with Crippen LogP contribution in [0.15, 0.2) is 0 Å². The Morgan fingerprint density at radius 1 is 1.38 bits per heavy atom. The van der Waals surface area contributed by atoms with Gasteiger partial charge in [-0.05, 0) is 32.6 Å². The smallest absolute Gasteiger partial charge is 0.0962 e. The number of hydrogen-bond acceptors (Lipinski definition) is 1. The van der Waals surface area contributed by atoms with Crippen LogP contribution < -0.4 is 0 Å². The molecule has 16 heavy (non-hydrogen) atoms. The quantitative estimate of drug-likeness (QED) is 0.701. The van der Waals surface area contributed by atoms with E-state index in [-0.39, 0.29) is 0 Å². The molecule has 2 heteroatoms. The lowest BCUT2D eigenvalue weighted by Crippen LogP contribution is -2.50. The minimum absolute atomic E-state index is 0.488. The van der Waals surface area contributed by atoms with Crippen molar-refractivity contribution in [2.45, 2.75) is 78.3 Å². The van der Waals surface area contributed by atoms with Crippen molar-refractivity contribution in [3.8, 4) is 0 Å². The average Bonchev–Trinajstić information content (AvgIpc) is 2.23. The molecular weight excluding hydrogens is 196 g/mol. The van der Waals surface area contributed by atoms with E-state index in [0.29, 0.717) is 12.1 Å². The van der Waals surface area contributed by atoms with Crippen LogP contribution in [0.25, 0.3) is 0 Å². The van der Waals surface area contributed by atoms with Crippen molar-refractivity contribution in [3.05, 3.63) is 0 Å². The summed E-state index contributed by atoms with van der Waals surface area (Å²) in [5, 5.41) is 8.10. The fraction of sp³-hybridized carbons (Fsp3) is 0.929. The fourth-order valence-corrected chi connectivity index (χ4v) is 2.88. The van der Waals surface area contributed by atoms with Gasteiger partial charge in [0.2, 0.25) is 0 Å². The molecule has 1 saturated heterocycles. The van der Waals surface area contributed by atoms with Crippen molar-refractivity contribution in [1.82, 2.24) is 4.90 Å². The molecule has 0 amide bonds.